The first kappa shape index (κ1) is 23.1. The maximum atomic E-state index is 11.2. The molecule has 0 aromatic rings. The third-order valence-corrected chi connectivity index (χ3v) is 2.13. The molecular weight excluding hydrogens is 287 g/mol. The quantitative estimate of drug-likeness (QED) is 0.352. The molecule has 0 aliphatic carbocycles. The Hall–Kier alpha value is 1.02. The third-order valence-electron chi connectivity index (χ3n) is 1.17. The molecule has 0 aromatic heterocycles. The molecule has 0 saturated carbocycles. The van der Waals surface area contributed by atoms with Crippen LogP contribution in [0.25, 0.3) is 0 Å². The van der Waals surface area contributed by atoms with E-state index in [9.17, 15) is 14.7 Å². The minimum absolute atomic E-state index is 0. The van der Waals surface area contributed by atoms with Gasteiger partial charge in [0, 0.05) is 6.92 Å². The molecule has 0 unspecified atom stereocenters. The van der Waals surface area contributed by atoms with Crippen LogP contribution in [0, 0.1) is 0 Å². The van der Waals surface area contributed by atoms with Gasteiger partial charge >= 0.3 is 57.4 Å². The molecule has 0 amide bonds. The Morgan fingerprint density at radius 1 is 1.35 bits per heavy atom. The molecule has 94 valence electrons. The zero-order valence-corrected chi connectivity index (χ0v) is 15.9. The molecule has 4 nitrogen and oxygen atoms in total. The maximum absolute atomic E-state index is 11.2. The van der Waals surface area contributed by atoms with Crippen LogP contribution in [0.5, 0.6) is 0 Å². The van der Waals surface area contributed by atoms with Crippen LogP contribution in [0.3, 0.4) is 0 Å². The second-order valence-corrected chi connectivity index (χ2v) is 5.69. The van der Waals surface area contributed by atoms with Crippen molar-refractivity contribution in [3.05, 3.63) is 0 Å². The number of rotatable bonds is 3. The van der Waals surface area contributed by atoms with Crippen LogP contribution >= 0.6 is 24.0 Å². The van der Waals surface area contributed by atoms with Crippen molar-refractivity contribution < 1.29 is 70.8 Å². The van der Waals surface area contributed by atoms with E-state index in [0.717, 1.165) is 11.8 Å². The van der Waals surface area contributed by atoms with Crippen molar-refractivity contribution in [1.29, 1.82) is 0 Å². The number of carbonyl (C=O) groups excluding carboxylic acids is 2. The maximum Gasteiger partial charge on any atom is 1.00 e. The van der Waals surface area contributed by atoms with E-state index in [2.05, 4.69) is 12.2 Å². The van der Waals surface area contributed by atoms with Crippen LogP contribution in [-0.2, 0) is 14.3 Å². The summed E-state index contributed by atoms with van der Waals surface area (Å²) in [7, 11) is 0. The molecule has 0 saturated heterocycles. The Morgan fingerprint density at radius 3 is 1.94 bits per heavy atom. The largest absolute Gasteiger partial charge is 1.00 e. The van der Waals surface area contributed by atoms with Gasteiger partial charge in [-0.05, 0) is 27.7 Å². The summed E-state index contributed by atoms with van der Waals surface area (Å²) >= 11 is 4.97. The second-order valence-electron chi connectivity index (χ2n) is 3.32. The minimum atomic E-state index is -0.762. The average Bonchev–Trinajstić information content (AvgIpc) is 2.00. The first-order valence-electron chi connectivity index (χ1n) is 4.67. The van der Waals surface area contributed by atoms with E-state index < -0.39 is 4.75 Å². The summed E-state index contributed by atoms with van der Waals surface area (Å²) in [6, 6.07) is 0. The molecule has 0 aliphatic rings. The molecule has 0 aliphatic heterocycles. The molecule has 0 heterocycles. The molecule has 0 aromatic carbocycles. The molecule has 0 rings (SSSR count). The van der Waals surface area contributed by atoms with Gasteiger partial charge in [0.15, 0.2) is 5.12 Å². The number of thioether (sulfide) groups is 1. The first-order valence-corrected chi connectivity index (χ1v) is 5.90. The number of ether oxygens (including phenoxy) is 1. The zero-order valence-electron chi connectivity index (χ0n) is 11.2. The van der Waals surface area contributed by atoms with E-state index in [0.29, 0.717) is 6.61 Å². The monoisotopic (exact) mass is 304 g/mol. The van der Waals surface area contributed by atoms with Gasteiger partial charge in [-0.25, -0.2) is 0 Å². The Bertz CT molecular complexity index is 263. The topological polar surface area (TPSA) is 66.4 Å². The molecule has 0 N–H and O–H groups in total. The van der Waals surface area contributed by atoms with Gasteiger partial charge in [-0.1, -0.05) is 16.8 Å². The van der Waals surface area contributed by atoms with Gasteiger partial charge < -0.3 is 9.84 Å². The molecule has 0 spiro atoms. The average molecular weight is 304 g/mol. The number of hydrogen-bond donors (Lipinski definition) is 0. The van der Waals surface area contributed by atoms with Gasteiger partial charge in [-0.15, -0.1) is 12.2 Å². The minimum Gasteiger partial charge on any atom is -0.868 e. The van der Waals surface area contributed by atoms with Crippen LogP contribution in [-0.4, -0.2) is 27.5 Å². The Morgan fingerprint density at radius 2 is 1.71 bits per heavy atom. The molecule has 0 atom stereocenters. The fourth-order valence-corrected chi connectivity index (χ4v) is 1.57. The van der Waals surface area contributed by atoms with Gasteiger partial charge in [-0.3, -0.25) is 9.59 Å². The van der Waals surface area contributed by atoms with Crippen molar-refractivity contribution in [1.82, 2.24) is 0 Å². The number of hydrogen-bond acceptors (Lipinski definition) is 6. The van der Waals surface area contributed by atoms with Crippen LogP contribution in [0.2, 0.25) is 0 Å². The molecular formula is C10H17KO4S2. The number of carbonyl (C=O) groups is 2. The van der Waals surface area contributed by atoms with Gasteiger partial charge in [0.05, 0.1) is 6.61 Å². The summed E-state index contributed by atoms with van der Waals surface area (Å²) < 4.78 is 4.03. The van der Waals surface area contributed by atoms with Gasteiger partial charge in [0.2, 0.25) is 0 Å². The van der Waals surface area contributed by atoms with E-state index in [4.69, 9.17) is 4.74 Å². The van der Waals surface area contributed by atoms with Crippen molar-refractivity contribution in [3.63, 3.8) is 0 Å². The van der Waals surface area contributed by atoms with Crippen LogP contribution in [0.4, 0.5) is 0 Å². The Balaban J connectivity index is -0.000000340. The normalized spacial score (nSPS) is 9.24. The fraction of sp³-hybridized carbons (Fsp3) is 0.700. The molecule has 0 fully saturated rings. The Kier molecular flexibility index (Phi) is 16.4. The molecule has 7 heteroatoms. The SMILES string of the molecule is CC([O-])=S.CCOC(=O)C(C)(C)SC(C)=O.[K+]. The van der Waals surface area contributed by atoms with Crippen molar-refractivity contribution >= 4 is 40.1 Å². The van der Waals surface area contributed by atoms with Crippen molar-refractivity contribution in [2.75, 3.05) is 6.61 Å². The second kappa shape index (κ2) is 12.1. The molecule has 0 bridgehead atoms. The smallest absolute Gasteiger partial charge is 0.868 e. The predicted molar refractivity (Wildman–Crippen MR) is 67.3 cm³/mol. The molecule has 17 heavy (non-hydrogen) atoms. The summed E-state index contributed by atoms with van der Waals surface area (Å²) in [6.45, 7) is 8.22. The summed E-state index contributed by atoms with van der Waals surface area (Å²) in [5.74, 6) is -0.342. The van der Waals surface area contributed by atoms with E-state index in [1.54, 1.807) is 20.8 Å². The van der Waals surface area contributed by atoms with Gasteiger partial charge in [-0.2, -0.15) is 0 Å². The van der Waals surface area contributed by atoms with Crippen molar-refractivity contribution in [2.45, 2.75) is 39.4 Å². The zero-order chi connectivity index (χ0) is 13.4. The van der Waals surface area contributed by atoms with E-state index >= 15 is 0 Å². The van der Waals surface area contributed by atoms with Crippen LogP contribution < -0.4 is 56.5 Å². The summed E-state index contributed by atoms with van der Waals surface area (Å²) in [5, 5.41) is 8.93. The third kappa shape index (κ3) is 17.0. The van der Waals surface area contributed by atoms with E-state index in [1.807, 2.05) is 0 Å². The summed E-state index contributed by atoms with van der Waals surface area (Å²) in [6.07, 6.45) is 0. The van der Waals surface area contributed by atoms with Crippen molar-refractivity contribution in [3.8, 4) is 0 Å². The summed E-state index contributed by atoms with van der Waals surface area (Å²) in [4.78, 5) is 21.9. The van der Waals surface area contributed by atoms with Crippen LogP contribution in [0.15, 0.2) is 0 Å². The number of esters is 1. The van der Waals surface area contributed by atoms with Crippen molar-refractivity contribution in [2.24, 2.45) is 0 Å². The standard InChI is InChI=1S/C8H14O3S.C2H4OS.K/c1-5-11-7(10)8(3,4)12-6(2)9;1-2(3)4;/h5H2,1-4H3;1H3,(H,3,4);/q;;+1/p-1. The van der Waals surface area contributed by atoms with E-state index in [1.165, 1.54) is 13.8 Å². The fourth-order valence-electron chi connectivity index (χ4n) is 0.706. The first-order chi connectivity index (χ1) is 7.13. The Labute approximate surface area is 155 Å². The summed E-state index contributed by atoms with van der Waals surface area (Å²) in [5.41, 5.74) is 0. The van der Waals surface area contributed by atoms with Gasteiger partial charge in [0.1, 0.15) is 4.75 Å². The van der Waals surface area contributed by atoms with Crippen LogP contribution in [0.1, 0.15) is 34.6 Å². The molecule has 0 radical (unpaired) electrons. The van der Waals surface area contributed by atoms with E-state index in [-0.39, 0.29) is 67.5 Å². The van der Waals surface area contributed by atoms with Gasteiger partial charge in [0.25, 0.3) is 0 Å². The predicted octanol–water partition coefficient (Wildman–Crippen LogP) is -1.69. The number of thiocarbonyl (C=S) groups is 1.